The Morgan fingerprint density at radius 1 is 1.33 bits per heavy atom. The lowest BCUT2D eigenvalue weighted by Crippen LogP contribution is -2.19. The number of amides is 2. The van der Waals surface area contributed by atoms with E-state index in [9.17, 15) is 9.00 Å². The van der Waals surface area contributed by atoms with Gasteiger partial charge in [-0.25, -0.2) is 18.8 Å². The number of benzene rings is 1. The van der Waals surface area contributed by atoms with E-state index in [1.165, 1.54) is 28.5 Å². The fourth-order valence-corrected chi connectivity index (χ4v) is 5.75. The van der Waals surface area contributed by atoms with Crippen LogP contribution in [0.2, 0.25) is 0 Å². The number of nitrogens with one attached hydrogen (secondary N) is 1. The third-order valence-corrected chi connectivity index (χ3v) is 7.42. The zero-order valence-electron chi connectivity index (χ0n) is 16.8. The number of urea groups is 1. The van der Waals surface area contributed by atoms with Gasteiger partial charge in [0.15, 0.2) is 9.92 Å². The molecular weight excluding hydrogens is 406 g/mol. The van der Waals surface area contributed by atoms with E-state index in [1.54, 1.807) is 11.8 Å². The maximum atomic E-state index is 13.1. The van der Waals surface area contributed by atoms with Gasteiger partial charge in [0.25, 0.3) is 0 Å². The molecule has 160 valence electrons. The van der Waals surface area contributed by atoms with Gasteiger partial charge in [-0.05, 0) is 60.8 Å². The number of rotatable bonds is 4. The fraction of sp³-hybridized carbons (Fsp3) is 0.500. The molecular formula is C20H25N5O4S. The lowest BCUT2D eigenvalue weighted by molar-refractivity contribution is 0.145. The minimum absolute atomic E-state index is 0.125. The molecule has 0 bridgehead atoms. The van der Waals surface area contributed by atoms with Crippen LogP contribution in [-0.4, -0.2) is 40.3 Å². The van der Waals surface area contributed by atoms with Crippen LogP contribution in [0, 0.1) is 0 Å². The second-order valence-corrected chi connectivity index (χ2v) is 9.76. The first-order chi connectivity index (χ1) is 14.5. The monoisotopic (exact) mass is 431 g/mol. The van der Waals surface area contributed by atoms with Crippen LogP contribution in [0.3, 0.4) is 0 Å². The van der Waals surface area contributed by atoms with Crippen LogP contribution in [-0.2, 0) is 40.3 Å². The van der Waals surface area contributed by atoms with Gasteiger partial charge in [-0.3, -0.25) is 0 Å². The number of carbonyl (C=O) groups excluding carboxylic acids is 1. The van der Waals surface area contributed by atoms with Gasteiger partial charge in [0.1, 0.15) is 17.5 Å². The summed E-state index contributed by atoms with van der Waals surface area (Å²) in [6, 6.07) is 1.45. The molecule has 0 fully saturated rings. The molecule has 10 heteroatoms. The lowest BCUT2D eigenvalue weighted by atomic mass is 9.99. The summed E-state index contributed by atoms with van der Waals surface area (Å²) in [4.78, 5) is 12.9. The first-order valence-electron chi connectivity index (χ1n) is 10.2. The molecule has 1 aromatic heterocycles. The van der Waals surface area contributed by atoms with Crippen molar-refractivity contribution in [2.24, 2.45) is 9.50 Å². The Morgan fingerprint density at radius 3 is 2.70 bits per heavy atom. The highest BCUT2D eigenvalue weighted by Crippen LogP contribution is 2.39. The summed E-state index contributed by atoms with van der Waals surface area (Å²) in [5.74, 6) is 0.280. The normalized spacial score (nSPS) is 20.8. The van der Waals surface area contributed by atoms with Gasteiger partial charge in [0.05, 0.1) is 12.8 Å². The van der Waals surface area contributed by atoms with E-state index < -0.39 is 15.9 Å². The molecule has 2 unspecified atom stereocenters. The van der Waals surface area contributed by atoms with Crippen molar-refractivity contribution in [1.29, 1.82) is 0 Å². The standard InChI is InChI=1S/C20H25N5O4S/c1-28-10-14-11-29-19-17(9-22-25(14)19)30(21,27)24-20(26)23-18-15-6-2-4-12(15)8-13-5-3-7-16(13)18/h8-9,14H,2-7,10-11H2,1H3,(H3,21,23,24,26,27). The van der Waals surface area contributed by atoms with Crippen LogP contribution in [0.1, 0.15) is 41.1 Å². The molecule has 30 heavy (non-hydrogen) atoms. The summed E-state index contributed by atoms with van der Waals surface area (Å²) in [7, 11) is -1.93. The minimum atomic E-state index is -3.51. The van der Waals surface area contributed by atoms with Crippen LogP contribution in [0.4, 0.5) is 10.5 Å². The predicted molar refractivity (Wildman–Crippen MR) is 111 cm³/mol. The average Bonchev–Trinajstić information content (AvgIpc) is 3.46. The van der Waals surface area contributed by atoms with E-state index in [0.717, 1.165) is 44.2 Å². The van der Waals surface area contributed by atoms with E-state index in [4.69, 9.17) is 14.6 Å². The number of carbonyl (C=O) groups is 1. The van der Waals surface area contributed by atoms with Crippen LogP contribution in [0.15, 0.2) is 21.5 Å². The van der Waals surface area contributed by atoms with E-state index in [0.29, 0.717) is 13.2 Å². The van der Waals surface area contributed by atoms with Gasteiger partial charge in [0, 0.05) is 12.8 Å². The molecule has 2 amide bonds. The molecule has 1 aromatic carbocycles. The molecule has 0 spiro atoms. The quantitative estimate of drug-likeness (QED) is 0.770. The topological polar surface area (TPSA) is 121 Å². The van der Waals surface area contributed by atoms with E-state index >= 15 is 0 Å². The maximum Gasteiger partial charge on any atom is 0.354 e. The SMILES string of the molecule is COCC1COc2c(S(N)(=O)=NC(=O)Nc3c4c(cc5c3CCC5)CCC4)cnn21. The number of nitrogens with two attached hydrogens (primary N) is 1. The number of fused-ring (bicyclic) bond motifs is 3. The summed E-state index contributed by atoms with van der Waals surface area (Å²) in [5, 5.41) is 13.1. The van der Waals surface area contributed by atoms with Gasteiger partial charge in [-0.15, -0.1) is 4.36 Å². The molecule has 3 aliphatic rings. The second kappa shape index (κ2) is 7.36. The van der Waals surface area contributed by atoms with Crippen molar-refractivity contribution in [3.05, 3.63) is 34.5 Å². The number of ether oxygens (including phenoxy) is 2. The lowest BCUT2D eigenvalue weighted by Gasteiger charge is -2.15. The van der Waals surface area contributed by atoms with E-state index in [2.05, 4.69) is 20.8 Å². The highest BCUT2D eigenvalue weighted by atomic mass is 32.2. The Morgan fingerprint density at radius 2 is 2.03 bits per heavy atom. The number of nitrogens with zero attached hydrogens (tertiary/aromatic N) is 3. The van der Waals surface area contributed by atoms with Crippen molar-refractivity contribution < 1.29 is 18.5 Å². The highest BCUT2D eigenvalue weighted by Gasteiger charge is 2.32. The zero-order chi connectivity index (χ0) is 20.9. The highest BCUT2D eigenvalue weighted by molar-refractivity contribution is 7.91. The summed E-state index contributed by atoms with van der Waals surface area (Å²) >= 11 is 0. The van der Waals surface area contributed by atoms with Crippen molar-refractivity contribution in [2.45, 2.75) is 49.5 Å². The molecule has 0 radical (unpaired) electrons. The molecule has 0 saturated heterocycles. The molecule has 0 saturated carbocycles. The average molecular weight is 432 g/mol. The van der Waals surface area contributed by atoms with Gasteiger partial charge < -0.3 is 14.8 Å². The molecule has 3 N–H and O–H groups in total. The van der Waals surface area contributed by atoms with Crippen molar-refractivity contribution >= 4 is 21.6 Å². The number of aryl methyl sites for hydroxylation is 2. The molecule has 2 heterocycles. The minimum Gasteiger partial charge on any atom is -0.475 e. The zero-order valence-corrected chi connectivity index (χ0v) is 17.7. The van der Waals surface area contributed by atoms with Crippen molar-refractivity contribution in [1.82, 2.24) is 9.78 Å². The van der Waals surface area contributed by atoms with Gasteiger partial charge in [-0.1, -0.05) is 6.07 Å². The molecule has 2 aliphatic carbocycles. The predicted octanol–water partition coefficient (Wildman–Crippen LogP) is 2.37. The largest absolute Gasteiger partial charge is 0.475 e. The Labute approximate surface area is 175 Å². The van der Waals surface area contributed by atoms with Crippen molar-refractivity contribution in [3.8, 4) is 5.88 Å². The van der Waals surface area contributed by atoms with Crippen LogP contribution >= 0.6 is 0 Å². The third-order valence-electron chi connectivity index (χ3n) is 6.07. The van der Waals surface area contributed by atoms with Gasteiger partial charge in [0.2, 0.25) is 5.88 Å². The molecule has 5 rings (SSSR count). The smallest absolute Gasteiger partial charge is 0.354 e. The van der Waals surface area contributed by atoms with Gasteiger partial charge >= 0.3 is 6.03 Å². The summed E-state index contributed by atoms with van der Waals surface area (Å²) in [5.41, 5.74) is 5.80. The van der Waals surface area contributed by atoms with E-state index in [-0.39, 0.29) is 16.8 Å². The summed E-state index contributed by atoms with van der Waals surface area (Å²) < 4.78 is 29.3. The summed E-state index contributed by atoms with van der Waals surface area (Å²) in [6.45, 7) is 0.746. The number of methoxy groups -OCH3 is 1. The third kappa shape index (κ3) is 3.19. The fourth-order valence-electron chi connectivity index (χ4n) is 4.76. The van der Waals surface area contributed by atoms with Crippen LogP contribution < -0.4 is 15.2 Å². The van der Waals surface area contributed by atoms with Crippen LogP contribution in [0.25, 0.3) is 0 Å². The molecule has 2 aromatic rings. The van der Waals surface area contributed by atoms with Crippen LogP contribution in [0.5, 0.6) is 5.88 Å². The molecule has 2 atom stereocenters. The van der Waals surface area contributed by atoms with Gasteiger partial charge in [-0.2, -0.15) is 5.10 Å². The maximum absolute atomic E-state index is 13.1. The first kappa shape index (κ1) is 19.5. The first-order valence-corrected chi connectivity index (χ1v) is 11.8. The second-order valence-electron chi connectivity index (χ2n) is 8.00. The Kier molecular flexibility index (Phi) is 4.79. The van der Waals surface area contributed by atoms with Crippen molar-refractivity contribution in [2.75, 3.05) is 25.6 Å². The van der Waals surface area contributed by atoms with Crippen molar-refractivity contribution in [3.63, 3.8) is 0 Å². The van der Waals surface area contributed by atoms with E-state index in [1.807, 2.05) is 0 Å². The number of aromatic nitrogens is 2. The number of anilines is 1. The molecule has 9 nitrogen and oxygen atoms in total. The summed E-state index contributed by atoms with van der Waals surface area (Å²) in [6.07, 6.45) is 7.43. The Balaban J connectivity index is 1.45. The number of hydrogen-bond donors (Lipinski definition) is 2. The molecule has 1 aliphatic heterocycles. The number of hydrogen-bond acceptors (Lipinski definition) is 5. The Bertz CT molecular complexity index is 1120. The Hall–Kier alpha value is -2.43.